The number of aromatic nitrogens is 1. The van der Waals surface area contributed by atoms with Gasteiger partial charge in [-0.3, -0.25) is 4.98 Å². The normalized spacial score (nSPS) is 14.2. The smallest absolute Gasteiger partial charge is 0.321 e. The Labute approximate surface area is 142 Å². The molecule has 0 unspecified atom stereocenters. The molecule has 0 saturated carbocycles. The van der Waals surface area contributed by atoms with E-state index in [0.717, 1.165) is 42.9 Å². The van der Waals surface area contributed by atoms with Crippen molar-refractivity contribution in [2.24, 2.45) is 0 Å². The summed E-state index contributed by atoms with van der Waals surface area (Å²) in [6.45, 7) is 1.45. The molecule has 2 amide bonds. The number of amides is 2. The number of hydrogen-bond acceptors (Lipinski definition) is 3. The van der Waals surface area contributed by atoms with Crippen LogP contribution in [-0.4, -0.2) is 36.1 Å². The van der Waals surface area contributed by atoms with Crippen molar-refractivity contribution < 1.29 is 9.53 Å². The zero-order chi connectivity index (χ0) is 16.8. The lowest BCUT2D eigenvalue weighted by molar-refractivity contribution is 0.208. The van der Waals surface area contributed by atoms with Crippen molar-refractivity contribution >= 4 is 17.8 Å². The molecule has 3 rings (SSSR count). The van der Waals surface area contributed by atoms with Crippen LogP contribution in [0.3, 0.4) is 0 Å². The Kier molecular flexibility index (Phi) is 5.11. The summed E-state index contributed by atoms with van der Waals surface area (Å²) in [4.78, 5) is 18.1. The van der Waals surface area contributed by atoms with Crippen molar-refractivity contribution in [1.29, 1.82) is 0 Å². The average Bonchev–Trinajstić information content (AvgIpc) is 2.63. The van der Waals surface area contributed by atoms with Gasteiger partial charge in [0.1, 0.15) is 5.75 Å². The van der Waals surface area contributed by atoms with E-state index in [0.29, 0.717) is 0 Å². The van der Waals surface area contributed by atoms with Gasteiger partial charge in [0.05, 0.1) is 19.0 Å². The van der Waals surface area contributed by atoms with Gasteiger partial charge in [0.2, 0.25) is 0 Å². The third kappa shape index (κ3) is 4.13. The molecule has 0 atom stereocenters. The van der Waals surface area contributed by atoms with Crippen LogP contribution >= 0.6 is 0 Å². The second-order valence-corrected chi connectivity index (χ2v) is 5.74. The van der Waals surface area contributed by atoms with Crippen molar-refractivity contribution in [2.45, 2.75) is 12.8 Å². The fourth-order valence-electron chi connectivity index (χ4n) is 2.75. The molecule has 1 aromatic heterocycles. The summed E-state index contributed by atoms with van der Waals surface area (Å²) in [5, 5.41) is 2.88. The summed E-state index contributed by atoms with van der Waals surface area (Å²) >= 11 is 0. The number of ether oxygens (including phenoxy) is 1. The zero-order valence-corrected chi connectivity index (χ0v) is 13.7. The van der Waals surface area contributed by atoms with Crippen LogP contribution in [0.4, 0.5) is 10.5 Å². The summed E-state index contributed by atoms with van der Waals surface area (Å²) in [5.41, 5.74) is 3.21. The molecular formula is C19H21N3O2. The van der Waals surface area contributed by atoms with E-state index in [9.17, 15) is 4.79 Å². The van der Waals surface area contributed by atoms with Gasteiger partial charge in [-0.25, -0.2) is 4.79 Å². The van der Waals surface area contributed by atoms with Crippen LogP contribution in [0.1, 0.15) is 18.4 Å². The van der Waals surface area contributed by atoms with E-state index in [2.05, 4.69) is 22.4 Å². The van der Waals surface area contributed by atoms with Gasteiger partial charge in [-0.05, 0) is 42.7 Å². The molecule has 1 saturated heterocycles. The minimum atomic E-state index is -0.0663. The molecule has 0 spiro atoms. The fraction of sp³-hybridized carbons (Fsp3) is 0.263. The van der Waals surface area contributed by atoms with Crippen molar-refractivity contribution in [3.05, 3.63) is 59.9 Å². The highest BCUT2D eigenvalue weighted by Crippen LogP contribution is 2.22. The molecule has 124 valence electrons. The minimum Gasteiger partial charge on any atom is -0.497 e. The number of nitrogens with one attached hydrogen (secondary N) is 1. The van der Waals surface area contributed by atoms with Gasteiger partial charge in [0.15, 0.2) is 0 Å². The van der Waals surface area contributed by atoms with Gasteiger partial charge in [-0.1, -0.05) is 23.8 Å². The predicted molar refractivity (Wildman–Crippen MR) is 95.0 cm³/mol. The van der Waals surface area contributed by atoms with Gasteiger partial charge in [-0.15, -0.1) is 0 Å². The molecule has 5 heteroatoms. The molecule has 5 nitrogen and oxygen atoms in total. The Bertz CT molecular complexity index is 718. The van der Waals surface area contributed by atoms with Crippen LogP contribution in [0.2, 0.25) is 0 Å². The van der Waals surface area contributed by atoms with Crippen molar-refractivity contribution in [3.8, 4) is 5.75 Å². The number of rotatable bonds is 3. The van der Waals surface area contributed by atoms with Crippen LogP contribution in [0.15, 0.2) is 54.4 Å². The maximum absolute atomic E-state index is 12.3. The van der Waals surface area contributed by atoms with Crippen LogP contribution in [0.5, 0.6) is 5.75 Å². The Morgan fingerprint density at radius 2 is 2.08 bits per heavy atom. The number of pyridine rings is 1. The number of carbonyl (C=O) groups excluding carboxylic acids is 1. The molecule has 1 N–H and O–H groups in total. The molecule has 24 heavy (non-hydrogen) atoms. The maximum atomic E-state index is 12.3. The minimum absolute atomic E-state index is 0.0663. The number of urea groups is 1. The summed E-state index contributed by atoms with van der Waals surface area (Å²) in [5.74, 6) is 0.859. The lowest BCUT2D eigenvalue weighted by Crippen LogP contribution is -2.39. The van der Waals surface area contributed by atoms with E-state index in [-0.39, 0.29) is 6.03 Å². The lowest BCUT2D eigenvalue weighted by Gasteiger charge is -2.28. The van der Waals surface area contributed by atoms with E-state index < -0.39 is 0 Å². The van der Waals surface area contributed by atoms with Gasteiger partial charge in [-0.2, -0.15) is 0 Å². The van der Waals surface area contributed by atoms with E-state index in [1.807, 2.05) is 29.2 Å². The van der Waals surface area contributed by atoms with Gasteiger partial charge < -0.3 is 15.0 Å². The average molecular weight is 323 g/mol. The standard InChI is InChI=1S/C19H21N3O2/c1-24-18-6-2-4-16(13-18)12-15-7-10-22(11-8-15)19(23)21-17-5-3-9-20-14-17/h2-6,9,12-14H,7-8,10-11H2,1H3,(H,21,23). The first-order valence-corrected chi connectivity index (χ1v) is 8.04. The quantitative estimate of drug-likeness (QED) is 0.934. The number of hydrogen-bond donors (Lipinski definition) is 1. The fourth-order valence-corrected chi connectivity index (χ4v) is 2.75. The third-order valence-electron chi connectivity index (χ3n) is 4.07. The first-order chi connectivity index (χ1) is 11.7. The SMILES string of the molecule is COc1cccc(C=C2CCN(C(=O)Nc3cccnc3)CC2)c1. The second kappa shape index (κ2) is 7.64. The zero-order valence-electron chi connectivity index (χ0n) is 13.7. The van der Waals surface area contributed by atoms with E-state index in [4.69, 9.17) is 4.74 Å². The molecule has 1 aromatic carbocycles. The molecule has 2 heterocycles. The van der Waals surface area contributed by atoms with Crippen LogP contribution in [0.25, 0.3) is 6.08 Å². The van der Waals surface area contributed by atoms with Crippen molar-refractivity contribution in [2.75, 3.05) is 25.5 Å². The summed E-state index contributed by atoms with van der Waals surface area (Å²) in [6.07, 6.45) is 7.30. The molecule has 1 aliphatic heterocycles. The molecule has 1 aliphatic rings. The van der Waals surface area contributed by atoms with Gasteiger partial charge >= 0.3 is 6.03 Å². The first kappa shape index (κ1) is 16.1. The molecule has 0 radical (unpaired) electrons. The summed E-state index contributed by atoms with van der Waals surface area (Å²) < 4.78 is 5.25. The Hall–Kier alpha value is -2.82. The monoisotopic (exact) mass is 323 g/mol. The highest BCUT2D eigenvalue weighted by Gasteiger charge is 2.19. The van der Waals surface area contributed by atoms with Crippen LogP contribution in [-0.2, 0) is 0 Å². The molecule has 1 fully saturated rings. The van der Waals surface area contributed by atoms with Crippen LogP contribution in [0, 0.1) is 0 Å². The van der Waals surface area contributed by atoms with Crippen LogP contribution < -0.4 is 10.1 Å². The van der Waals surface area contributed by atoms with Gasteiger partial charge in [0.25, 0.3) is 0 Å². The lowest BCUT2D eigenvalue weighted by atomic mass is 10.0. The molecular weight excluding hydrogens is 302 g/mol. The molecule has 0 bridgehead atoms. The maximum Gasteiger partial charge on any atom is 0.321 e. The number of likely N-dealkylation sites (tertiary alicyclic amines) is 1. The number of carbonyl (C=O) groups is 1. The number of nitrogens with zero attached hydrogens (tertiary/aromatic N) is 2. The molecule has 2 aromatic rings. The number of benzene rings is 1. The first-order valence-electron chi connectivity index (χ1n) is 8.04. The Morgan fingerprint density at radius 1 is 1.25 bits per heavy atom. The highest BCUT2D eigenvalue weighted by atomic mass is 16.5. The summed E-state index contributed by atoms with van der Waals surface area (Å²) in [7, 11) is 1.67. The number of methoxy groups -OCH3 is 1. The third-order valence-corrected chi connectivity index (χ3v) is 4.07. The largest absolute Gasteiger partial charge is 0.497 e. The van der Waals surface area contributed by atoms with Gasteiger partial charge in [0, 0.05) is 19.3 Å². The van der Waals surface area contributed by atoms with Crippen molar-refractivity contribution in [3.63, 3.8) is 0 Å². The topological polar surface area (TPSA) is 54.5 Å². The Balaban J connectivity index is 1.57. The summed E-state index contributed by atoms with van der Waals surface area (Å²) in [6, 6.07) is 11.6. The van der Waals surface area contributed by atoms with Crippen molar-refractivity contribution in [1.82, 2.24) is 9.88 Å². The van der Waals surface area contributed by atoms with E-state index >= 15 is 0 Å². The van der Waals surface area contributed by atoms with E-state index in [1.165, 1.54) is 5.57 Å². The number of anilines is 1. The second-order valence-electron chi connectivity index (χ2n) is 5.74. The molecule has 0 aliphatic carbocycles. The number of piperidine rings is 1. The highest BCUT2D eigenvalue weighted by molar-refractivity contribution is 5.89. The Morgan fingerprint density at radius 3 is 2.79 bits per heavy atom. The van der Waals surface area contributed by atoms with E-state index in [1.54, 1.807) is 25.6 Å². The predicted octanol–water partition coefficient (Wildman–Crippen LogP) is 3.80.